The molecule has 0 atom stereocenters. The highest BCUT2D eigenvalue weighted by atomic mass is 32.2. The lowest BCUT2D eigenvalue weighted by Gasteiger charge is -2.10. The van der Waals surface area contributed by atoms with Crippen LogP contribution in [0.1, 0.15) is 18.1 Å². The molecule has 5 heteroatoms. The van der Waals surface area contributed by atoms with Crippen molar-refractivity contribution < 1.29 is 13.2 Å². The van der Waals surface area contributed by atoms with Crippen LogP contribution in [0.4, 0.5) is 0 Å². The third-order valence-corrected chi connectivity index (χ3v) is 4.46. The maximum absolute atomic E-state index is 12.3. The van der Waals surface area contributed by atoms with Crippen LogP contribution in [0.5, 0.6) is 5.75 Å². The first-order valence-electron chi connectivity index (χ1n) is 6.80. The Balaban J connectivity index is 2.14. The molecule has 2 aromatic carbocycles. The summed E-state index contributed by atoms with van der Waals surface area (Å²) in [6.07, 6.45) is 0. The topological polar surface area (TPSA) is 55.4 Å². The van der Waals surface area contributed by atoms with E-state index in [-0.39, 0.29) is 11.4 Å². The van der Waals surface area contributed by atoms with Crippen molar-refractivity contribution in [2.45, 2.75) is 25.3 Å². The second-order valence-electron chi connectivity index (χ2n) is 4.67. The largest absolute Gasteiger partial charge is 0.494 e. The second kappa shape index (κ2) is 6.74. The molecule has 112 valence electrons. The molecule has 0 aliphatic carbocycles. The molecule has 2 rings (SSSR count). The molecule has 0 heterocycles. The van der Waals surface area contributed by atoms with Gasteiger partial charge in [-0.3, -0.25) is 0 Å². The number of hydrogen-bond acceptors (Lipinski definition) is 3. The molecule has 0 aliphatic heterocycles. The number of sulfonamides is 1. The summed E-state index contributed by atoms with van der Waals surface area (Å²) >= 11 is 0. The van der Waals surface area contributed by atoms with Gasteiger partial charge in [-0.2, -0.15) is 0 Å². The van der Waals surface area contributed by atoms with Gasteiger partial charge in [-0.1, -0.05) is 30.3 Å². The fraction of sp³-hybridized carbons (Fsp3) is 0.250. The minimum absolute atomic E-state index is 0.249. The molecule has 0 fully saturated rings. The van der Waals surface area contributed by atoms with Gasteiger partial charge < -0.3 is 4.74 Å². The van der Waals surface area contributed by atoms with E-state index in [0.29, 0.717) is 12.4 Å². The summed E-state index contributed by atoms with van der Waals surface area (Å²) < 4.78 is 32.6. The van der Waals surface area contributed by atoms with E-state index in [1.807, 2.05) is 44.2 Å². The monoisotopic (exact) mass is 305 g/mol. The fourth-order valence-corrected chi connectivity index (χ4v) is 3.07. The van der Waals surface area contributed by atoms with Gasteiger partial charge in [0.15, 0.2) is 0 Å². The highest BCUT2D eigenvalue weighted by molar-refractivity contribution is 7.89. The maximum atomic E-state index is 12.3. The summed E-state index contributed by atoms with van der Waals surface area (Å²) in [6.45, 7) is 4.56. The first-order valence-corrected chi connectivity index (χ1v) is 8.28. The molecule has 0 aromatic heterocycles. The van der Waals surface area contributed by atoms with Crippen LogP contribution >= 0.6 is 0 Å². The first kappa shape index (κ1) is 15.5. The van der Waals surface area contributed by atoms with E-state index >= 15 is 0 Å². The quantitative estimate of drug-likeness (QED) is 0.893. The summed E-state index contributed by atoms with van der Waals surface area (Å²) in [4.78, 5) is 0.249. The van der Waals surface area contributed by atoms with Gasteiger partial charge in [-0.05, 0) is 43.2 Å². The van der Waals surface area contributed by atoms with Gasteiger partial charge >= 0.3 is 0 Å². The van der Waals surface area contributed by atoms with E-state index in [1.54, 1.807) is 18.2 Å². The lowest BCUT2D eigenvalue weighted by molar-refractivity contribution is 0.337. The third-order valence-electron chi connectivity index (χ3n) is 3.07. The number of nitrogens with one attached hydrogen (secondary N) is 1. The molecule has 0 saturated carbocycles. The Hall–Kier alpha value is -1.85. The average molecular weight is 305 g/mol. The smallest absolute Gasteiger partial charge is 0.240 e. The Kier molecular flexibility index (Phi) is 4.98. The molecule has 0 saturated heterocycles. The van der Waals surface area contributed by atoms with Crippen LogP contribution in [-0.2, 0) is 16.6 Å². The predicted octanol–water partition coefficient (Wildman–Crippen LogP) is 2.87. The van der Waals surface area contributed by atoms with Crippen molar-refractivity contribution in [3.63, 3.8) is 0 Å². The fourth-order valence-electron chi connectivity index (χ4n) is 1.96. The van der Waals surface area contributed by atoms with Crippen LogP contribution in [0.15, 0.2) is 53.4 Å². The number of hydrogen-bond donors (Lipinski definition) is 1. The average Bonchev–Trinajstić information content (AvgIpc) is 2.48. The zero-order chi connectivity index (χ0) is 15.3. The van der Waals surface area contributed by atoms with Crippen LogP contribution in [0.25, 0.3) is 0 Å². The molecule has 21 heavy (non-hydrogen) atoms. The molecular weight excluding hydrogens is 286 g/mol. The first-order chi connectivity index (χ1) is 10.0. The standard InChI is InChI=1S/C16H19NO3S/c1-3-20-16-10-9-15(11-13(16)2)21(18,19)17-12-14-7-5-4-6-8-14/h4-11,17H,3,12H2,1-2H3. The zero-order valence-electron chi connectivity index (χ0n) is 12.2. The van der Waals surface area contributed by atoms with E-state index < -0.39 is 10.0 Å². The van der Waals surface area contributed by atoms with E-state index in [0.717, 1.165) is 11.1 Å². The normalized spacial score (nSPS) is 11.3. The molecule has 0 unspecified atom stereocenters. The maximum Gasteiger partial charge on any atom is 0.240 e. The summed E-state index contributed by atoms with van der Waals surface area (Å²) in [5.74, 6) is 0.708. The lowest BCUT2D eigenvalue weighted by atomic mass is 10.2. The van der Waals surface area contributed by atoms with Crippen molar-refractivity contribution in [1.82, 2.24) is 4.72 Å². The van der Waals surface area contributed by atoms with Crippen molar-refractivity contribution in [2.24, 2.45) is 0 Å². The molecule has 0 amide bonds. The summed E-state index contributed by atoms with van der Waals surface area (Å²) in [5, 5.41) is 0. The van der Waals surface area contributed by atoms with Crippen LogP contribution in [0.3, 0.4) is 0 Å². The van der Waals surface area contributed by atoms with Crippen LogP contribution < -0.4 is 9.46 Å². The number of rotatable bonds is 6. The summed E-state index contributed by atoms with van der Waals surface area (Å²) in [6, 6.07) is 14.3. The number of ether oxygens (including phenoxy) is 1. The molecular formula is C16H19NO3S. The van der Waals surface area contributed by atoms with Crippen LogP contribution in [0, 0.1) is 6.92 Å². The third kappa shape index (κ3) is 4.06. The van der Waals surface area contributed by atoms with Gasteiger partial charge in [0.25, 0.3) is 0 Å². The number of aryl methyl sites for hydroxylation is 1. The Morgan fingerprint density at radius 2 is 1.81 bits per heavy atom. The Morgan fingerprint density at radius 1 is 1.10 bits per heavy atom. The summed E-state index contributed by atoms with van der Waals surface area (Å²) in [5.41, 5.74) is 1.73. The molecule has 2 aromatic rings. The van der Waals surface area contributed by atoms with Crippen molar-refractivity contribution in [3.8, 4) is 5.75 Å². The number of benzene rings is 2. The van der Waals surface area contributed by atoms with Gasteiger partial charge in [0.2, 0.25) is 10.0 Å². The van der Waals surface area contributed by atoms with E-state index in [4.69, 9.17) is 4.74 Å². The van der Waals surface area contributed by atoms with Crippen LogP contribution in [-0.4, -0.2) is 15.0 Å². The van der Waals surface area contributed by atoms with E-state index in [1.165, 1.54) is 0 Å². The van der Waals surface area contributed by atoms with Gasteiger partial charge in [0, 0.05) is 6.54 Å². The van der Waals surface area contributed by atoms with Crippen molar-refractivity contribution >= 4 is 10.0 Å². The van der Waals surface area contributed by atoms with Gasteiger partial charge in [-0.25, -0.2) is 13.1 Å². The summed E-state index contributed by atoms with van der Waals surface area (Å²) in [7, 11) is -3.52. The minimum atomic E-state index is -3.52. The SMILES string of the molecule is CCOc1ccc(S(=O)(=O)NCc2ccccc2)cc1C. The molecule has 4 nitrogen and oxygen atoms in total. The van der Waals surface area contributed by atoms with Crippen molar-refractivity contribution in [3.05, 3.63) is 59.7 Å². The van der Waals surface area contributed by atoms with Gasteiger partial charge in [0.05, 0.1) is 11.5 Å². The van der Waals surface area contributed by atoms with Gasteiger partial charge in [0.1, 0.15) is 5.75 Å². The molecule has 0 aliphatic rings. The Morgan fingerprint density at radius 3 is 2.43 bits per heavy atom. The molecule has 0 radical (unpaired) electrons. The minimum Gasteiger partial charge on any atom is -0.494 e. The molecule has 0 spiro atoms. The highest BCUT2D eigenvalue weighted by Crippen LogP contribution is 2.21. The van der Waals surface area contributed by atoms with Gasteiger partial charge in [-0.15, -0.1) is 0 Å². The lowest BCUT2D eigenvalue weighted by Crippen LogP contribution is -2.23. The highest BCUT2D eigenvalue weighted by Gasteiger charge is 2.15. The van der Waals surface area contributed by atoms with E-state index in [2.05, 4.69) is 4.72 Å². The van der Waals surface area contributed by atoms with Crippen molar-refractivity contribution in [2.75, 3.05) is 6.61 Å². The Bertz CT molecular complexity index is 697. The molecule has 1 N–H and O–H groups in total. The molecule has 0 bridgehead atoms. The zero-order valence-corrected chi connectivity index (χ0v) is 13.0. The Labute approximate surface area is 125 Å². The predicted molar refractivity (Wildman–Crippen MR) is 82.8 cm³/mol. The second-order valence-corrected chi connectivity index (χ2v) is 6.44. The van der Waals surface area contributed by atoms with E-state index in [9.17, 15) is 8.42 Å². The van der Waals surface area contributed by atoms with Crippen molar-refractivity contribution in [1.29, 1.82) is 0 Å². The van der Waals surface area contributed by atoms with Crippen LogP contribution in [0.2, 0.25) is 0 Å².